The lowest BCUT2D eigenvalue weighted by Gasteiger charge is -2.45. The number of amides is 2. The number of hydrogen-bond acceptors (Lipinski definition) is 8. The summed E-state index contributed by atoms with van der Waals surface area (Å²) in [4.78, 5) is 39.1. The molecular formula is C23H30N6O6. The third-order valence-electron chi connectivity index (χ3n) is 5.36. The fourth-order valence-electron chi connectivity index (χ4n) is 3.75. The number of anilines is 1. The number of nitrogens with zero attached hydrogens (tertiary/aromatic N) is 5. The molecule has 0 unspecified atom stereocenters. The quantitative estimate of drug-likeness (QED) is 0.323. The Morgan fingerprint density at radius 2 is 1.94 bits per heavy atom. The van der Waals surface area contributed by atoms with Crippen LogP contribution in [0, 0.1) is 10.1 Å². The number of methoxy groups -OCH3 is 1. The second-order valence-corrected chi connectivity index (χ2v) is 9.13. The highest BCUT2D eigenvalue weighted by molar-refractivity contribution is 5.97. The van der Waals surface area contributed by atoms with Gasteiger partial charge in [-0.05, 0) is 38.5 Å². The van der Waals surface area contributed by atoms with Crippen LogP contribution in [0.3, 0.4) is 0 Å². The largest absolute Gasteiger partial charge is 0.497 e. The molecule has 3 rings (SSSR count). The summed E-state index contributed by atoms with van der Waals surface area (Å²) in [6.07, 6.45) is 1.13. The van der Waals surface area contributed by atoms with Crippen LogP contribution in [0.15, 0.2) is 36.9 Å². The first kappa shape index (κ1) is 25.5. The minimum Gasteiger partial charge on any atom is -0.497 e. The smallest absolute Gasteiger partial charge is 0.410 e. The van der Waals surface area contributed by atoms with E-state index in [0.717, 1.165) is 5.56 Å². The Morgan fingerprint density at radius 1 is 1.31 bits per heavy atom. The molecule has 2 aromatic rings. The van der Waals surface area contributed by atoms with E-state index < -0.39 is 33.9 Å². The van der Waals surface area contributed by atoms with Gasteiger partial charge < -0.3 is 25.0 Å². The van der Waals surface area contributed by atoms with Crippen LogP contribution < -0.4 is 15.4 Å². The first-order valence-corrected chi connectivity index (χ1v) is 11.0. The number of likely N-dealkylation sites (tertiary alicyclic amines) is 1. The van der Waals surface area contributed by atoms with Crippen molar-refractivity contribution in [3.8, 4) is 5.75 Å². The van der Waals surface area contributed by atoms with E-state index in [-0.39, 0.29) is 38.0 Å². The van der Waals surface area contributed by atoms with Gasteiger partial charge in [-0.1, -0.05) is 18.2 Å². The Hall–Kier alpha value is -4.09. The summed E-state index contributed by atoms with van der Waals surface area (Å²) < 4.78 is 12.0. The van der Waals surface area contributed by atoms with Gasteiger partial charge in [0.25, 0.3) is 5.91 Å². The lowest BCUT2D eigenvalue weighted by atomic mass is 10.1. The fourth-order valence-corrected chi connectivity index (χ4v) is 3.75. The van der Waals surface area contributed by atoms with Crippen molar-refractivity contribution in [1.29, 1.82) is 0 Å². The van der Waals surface area contributed by atoms with E-state index in [4.69, 9.17) is 15.2 Å². The highest BCUT2D eigenvalue weighted by Crippen LogP contribution is 2.36. The summed E-state index contributed by atoms with van der Waals surface area (Å²) in [6, 6.07) is 6.82. The van der Waals surface area contributed by atoms with E-state index in [1.165, 1.54) is 9.58 Å². The molecule has 1 aromatic heterocycles. The molecule has 0 aliphatic carbocycles. The SMILES string of the molecule is C=CCN(c1c([N+](=O)[O-])c(C(N)=O)nn1Cc1ccc(OC)cc1)C1CN(C(=O)OC(C)(C)C)C1. The minimum absolute atomic E-state index is 0.119. The number of aromatic nitrogens is 2. The van der Waals surface area contributed by atoms with Crippen molar-refractivity contribution >= 4 is 23.5 Å². The predicted molar refractivity (Wildman–Crippen MR) is 129 cm³/mol. The fraction of sp³-hybridized carbons (Fsp3) is 0.435. The van der Waals surface area contributed by atoms with Crippen LogP contribution in [0.1, 0.15) is 36.8 Å². The van der Waals surface area contributed by atoms with Gasteiger partial charge in [0.2, 0.25) is 11.5 Å². The van der Waals surface area contributed by atoms with Gasteiger partial charge in [-0.2, -0.15) is 5.10 Å². The lowest BCUT2D eigenvalue weighted by molar-refractivity contribution is -0.384. The maximum absolute atomic E-state index is 12.4. The zero-order valence-electron chi connectivity index (χ0n) is 20.3. The molecule has 12 nitrogen and oxygen atoms in total. The molecule has 0 spiro atoms. The second kappa shape index (κ2) is 10.0. The van der Waals surface area contributed by atoms with E-state index in [2.05, 4.69) is 11.7 Å². The number of hydrogen-bond donors (Lipinski definition) is 1. The van der Waals surface area contributed by atoms with Crippen LogP contribution in [0.2, 0.25) is 0 Å². The van der Waals surface area contributed by atoms with Crippen molar-refractivity contribution in [3.05, 3.63) is 58.3 Å². The molecular weight excluding hydrogens is 456 g/mol. The molecule has 1 aliphatic rings. The maximum Gasteiger partial charge on any atom is 0.410 e. The molecule has 0 atom stereocenters. The molecule has 35 heavy (non-hydrogen) atoms. The number of nitrogens with two attached hydrogens (primary N) is 1. The van der Waals surface area contributed by atoms with Gasteiger partial charge in [0.1, 0.15) is 11.4 Å². The highest BCUT2D eigenvalue weighted by Gasteiger charge is 2.42. The number of rotatable bonds is 9. The molecule has 1 fully saturated rings. The maximum atomic E-state index is 12.4. The number of carbonyl (C=O) groups is 2. The molecule has 2 N–H and O–H groups in total. The number of primary amides is 1. The first-order valence-electron chi connectivity index (χ1n) is 11.0. The van der Waals surface area contributed by atoms with Crippen LogP contribution in [0.5, 0.6) is 5.75 Å². The van der Waals surface area contributed by atoms with Gasteiger partial charge in [-0.15, -0.1) is 6.58 Å². The van der Waals surface area contributed by atoms with Gasteiger partial charge in [-0.25, -0.2) is 9.48 Å². The summed E-state index contributed by atoms with van der Waals surface area (Å²) >= 11 is 0. The molecule has 1 aliphatic heterocycles. The standard InChI is InChI=1S/C23H30N6O6/c1-6-11-27(16-13-26(14-16)22(31)35-23(2,3)4)21-19(29(32)33)18(20(24)30)25-28(21)12-15-7-9-17(34-5)10-8-15/h6-10,16H,1,11-14H2,2-5H3,(H2,24,30). The van der Waals surface area contributed by atoms with E-state index in [9.17, 15) is 19.7 Å². The third kappa shape index (κ3) is 5.70. The zero-order chi connectivity index (χ0) is 25.9. The van der Waals surface area contributed by atoms with E-state index in [1.54, 1.807) is 63.1 Å². The monoisotopic (exact) mass is 486 g/mol. The van der Waals surface area contributed by atoms with Gasteiger partial charge in [0, 0.05) is 19.6 Å². The number of nitro groups is 1. The van der Waals surface area contributed by atoms with Crippen molar-refractivity contribution < 1.29 is 24.0 Å². The summed E-state index contributed by atoms with van der Waals surface area (Å²) in [7, 11) is 1.55. The molecule has 1 aromatic carbocycles. The zero-order valence-corrected chi connectivity index (χ0v) is 20.3. The van der Waals surface area contributed by atoms with Crippen LogP contribution in [-0.4, -0.2) is 70.0 Å². The molecule has 0 saturated carbocycles. The average molecular weight is 487 g/mol. The van der Waals surface area contributed by atoms with Gasteiger partial charge in [-0.3, -0.25) is 14.9 Å². The summed E-state index contributed by atoms with van der Waals surface area (Å²) in [5.41, 5.74) is 4.66. The average Bonchev–Trinajstić information content (AvgIpc) is 3.11. The topological polar surface area (TPSA) is 146 Å². The van der Waals surface area contributed by atoms with Crippen molar-refractivity contribution in [3.63, 3.8) is 0 Å². The number of benzene rings is 1. The van der Waals surface area contributed by atoms with Crippen molar-refractivity contribution in [2.45, 2.75) is 39.0 Å². The Kier molecular flexibility index (Phi) is 7.32. The van der Waals surface area contributed by atoms with E-state index in [1.807, 2.05) is 0 Å². The normalized spacial score (nSPS) is 13.7. The number of ether oxygens (including phenoxy) is 2. The van der Waals surface area contributed by atoms with Crippen LogP contribution >= 0.6 is 0 Å². The summed E-state index contributed by atoms with van der Waals surface area (Å²) in [5, 5.41) is 16.3. The van der Waals surface area contributed by atoms with Crippen LogP contribution in [-0.2, 0) is 11.3 Å². The Bertz CT molecular complexity index is 1110. The molecule has 2 heterocycles. The summed E-state index contributed by atoms with van der Waals surface area (Å²) in [5.74, 6) is -0.231. The second-order valence-electron chi connectivity index (χ2n) is 9.13. The molecule has 0 bridgehead atoms. The highest BCUT2D eigenvalue weighted by atomic mass is 16.6. The first-order chi connectivity index (χ1) is 16.4. The van der Waals surface area contributed by atoms with Crippen LogP contribution in [0.25, 0.3) is 0 Å². The third-order valence-corrected chi connectivity index (χ3v) is 5.36. The molecule has 188 valence electrons. The van der Waals surface area contributed by atoms with E-state index >= 15 is 0 Å². The molecule has 2 amide bonds. The Morgan fingerprint density at radius 3 is 2.43 bits per heavy atom. The molecule has 1 saturated heterocycles. The van der Waals surface area contributed by atoms with Gasteiger partial charge >= 0.3 is 11.8 Å². The predicted octanol–water partition coefficient (Wildman–Crippen LogP) is 2.56. The molecule has 12 heteroatoms. The lowest BCUT2D eigenvalue weighted by Crippen LogP contribution is -2.62. The summed E-state index contributed by atoms with van der Waals surface area (Å²) in [6.45, 7) is 10.0. The van der Waals surface area contributed by atoms with Gasteiger partial charge in [0.05, 0.1) is 24.6 Å². The minimum atomic E-state index is -1.01. The van der Waals surface area contributed by atoms with Crippen molar-refractivity contribution in [2.24, 2.45) is 5.73 Å². The Labute approximate surface area is 203 Å². The van der Waals surface area contributed by atoms with Crippen molar-refractivity contribution in [1.82, 2.24) is 14.7 Å². The van der Waals surface area contributed by atoms with E-state index in [0.29, 0.717) is 5.75 Å². The number of carbonyl (C=O) groups excluding carboxylic acids is 2. The van der Waals surface area contributed by atoms with Crippen molar-refractivity contribution in [2.75, 3.05) is 31.6 Å². The molecule has 0 radical (unpaired) electrons. The Balaban J connectivity index is 1.98. The van der Waals surface area contributed by atoms with Crippen LogP contribution in [0.4, 0.5) is 16.3 Å². The van der Waals surface area contributed by atoms with Gasteiger partial charge in [0.15, 0.2) is 0 Å².